The molecule has 1 aromatic heterocycles. The lowest BCUT2D eigenvalue weighted by molar-refractivity contribution is -0.394. The van der Waals surface area contributed by atoms with Gasteiger partial charge >= 0.3 is 5.69 Å². The van der Waals surface area contributed by atoms with Crippen molar-refractivity contribution >= 4 is 34.7 Å². The highest BCUT2D eigenvalue weighted by molar-refractivity contribution is 7.98. The lowest BCUT2D eigenvalue weighted by Gasteiger charge is -2.29. The number of nitro groups is 2. The number of nitrogens with zero attached hydrogens (tertiary/aromatic N) is 6. The van der Waals surface area contributed by atoms with Gasteiger partial charge in [-0.15, -0.1) is 10.2 Å². The van der Waals surface area contributed by atoms with Crippen LogP contribution >= 0.6 is 11.8 Å². The van der Waals surface area contributed by atoms with Gasteiger partial charge in [0.15, 0.2) is 5.69 Å². The Balaban J connectivity index is 2.05. The van der Waals surface area contributed by atoms with Crippen molar-refractivity contribution in [3.05, 3.63) is 62.2 Å². The van der Waals surface area contributed by atoms with Crippen LogP contribution in [0.2, 0.25) is 0 Å². The first-order valence-electron chi connectivity index (χ1n) is 9.23. The first kappa shape index (κ1) is 21.9. The van der Waals surface area contributed by atoms with E-state index in [2.05, 4.69) is 15.2 Å². The molecule has 1 N–H and O–H groups in total. The predicted octanol–water partition coefficient (Wildman–Crippen LogP) is 3.23. The fourth-order valence-electron chi connectivity index (χ4n) is 3.40. The number of rotatable bonds is 4. The van der Waals surface area contributed by atoms with E-state index in [1.165, 1.54) is 18.7 Å². The number of hydrogen-bond acceptors (Lipinski definition) is 11. The Morgan fingerprint density at radius 3 is 2.55 bits per heavy atom. The van der Waals surface area contributed by atoms with Crippen LogP contribution < -0.4 is 9.64 Å². The zero-order valence-corrected chi connectivity index (χ0v) is 17.8. The molecule has 13 nitrogen and oxygen atoms in total. The molecule has 1 aliphatic rings. The van der Waals surface area contributed by atoms with Gasteiger partial charge in [-0.2, -0.15) is 4.98 Å². The molecule has 1 aliphatic heterocycles. The standard InChI is InChI=1S/C19H14N6O7S/c1-9(26)23-13-6-4-3-5-11(13)15-17(20-19(33-2)22-21-15)32-18(23)12-7-10(24(28)29)8-14(16(12)27)25(30)31/h3-8,18,27H,1-2H3/t18-/m1/s1. The SMILES string of the molecule is CSc1nnc2c(n1)O[C@H](c1cc([N+](=O)[O-])cc([N+](=O)[O-])c1O)N(C(C)=O)c1ccccc1-2. The van der Waals surface area contributed by atoms with Gasteiger partial charge in [0.2, 0.25) is 28.9 Å². The summed E-state index contributed by atoms with van der Waals surface area (Å²) in [5, 5.41) is 42.0. The molecule has 0 aliphatic carbocycles. The van der Waals surface area contributed by atoms with Crippen LogP contribution in [0.15, 0.2) is 41.6 Å². The maximum absolute atomic E-state index is 12.8. The van der Waals surface area contributed by atoms with Gasteiger partial charge in [0.05, 0.1) is 27.2 Å². The maximum atomic E-state index is 12.8. The van der Waals surface area contributed by atoms with E-state index >= 15 is 0 Å². The normalized spacial score (nSPS) is 14.5. The number of fused-ring (bicyclic) bond motifs is 3. The van der Waals surface area contributed by atoms with Gasteiger partial charge in [-0.3, -0.25) is 29.9 Å². The number of phenolic OH excluding ortho intramolecular Hbond substituents is 1. The van der Waals surface area contributed by atoms with Gasteiger partial charge in [-0.05, 0) is 12.3 Å². The number of non-ortho nitro benzene ring substituents is 1. The molecule has 33 heavy (non-hydrogen) atoms. The molecule has 1 amide bonds. The Morgan fingerprint density at radius 1 is 1.18 bits per heavy atom. The number of ether oxygens (including phenoxy) is 1. The summed E-state index contributed by atoms with van der Waals surface area (Å²) < 4.78 is 5.97. The Labute approximate surface area is 189 Å². The quantitative estimate of drug-likeness (QED) is 0.336. The number of carbonyl (C=O) groups excluding carboxylic acids is 1. The highest BCUT2D eigenvalue weighted by Crippen LogP contribution is 2.47. The lowest BCUT2D eigenvalue weighted by Crippen LogP contribution is -2.36. The van der Waals surface area contributed by atoms with Gasteiger partial charge in [-0.25, -0.2) is 0 Å². The summed E-state index contributed by atoms with van der Waals surface area (Å²) in [7, 11) is 0. The summed E-state index contributed by atoms with van der Waals surface area (Å²) >= 11 is 1.18. The summed E-state index contributed by atoms with van der Waals surface area (Å²) in [6.45, 7) is 1.22. The molecule has 14 heteroatoms. The largest absolute Gasteiger partial charge is 0.502 e. The molecule has 1 atom stereocenters. The van der Waals surface area contributed by atoms with Crippen LogP contribution in [0, 0.1) is 20.2 Å². The highest BCUT2D eigenvalue weighted by Gasteiger charge is 2.39. The highest BCUT2D eigenvalue weighted by atomic mass is 32.2. The van der Waals surface area contributed by atoms with Crippen LogP contribution in [0.1, 0.15) is 18.7 Å². The second-order valence-electron chi connectivity index (χ2n) is 6.75. The topological polar surface area (TPSA) is 175 Å². The Kier molecular flexibility index (Phi) is 5.51. The van der Waals surface area contributed by atoms with E-state index < -0.39 is 39.1 Å². The number of hydrogen-bond donors (Lipinski definition) is 1. The van der Waals surface area contributed by atoms with E-state index in [0.29, 0.717) is 11.6 Å². The van der Waals surface area contributed by atoms with Crippen LogP contribution in [0.25, 0.3) is 11.3 Å². The number of carbonyl (C=O) groups is 1. The summed E-state index contributed by atoms with van der Waals surface area (Å²) in [4.78, 5) is 39.2. The van der Waals surface area contributed by atoms with Crippen LogP contribution in [0.3, 0.4) is 0 Å². The minimum atomic E-state index is -1.53. The third kappa shape index (κ3) is 3.76. The van der Waals surface area contributed by atoms with Crippen molar-refractivity contribution in [3.8, 4) is 22.9 Å². The Morgan fingerprint density at radius 2 is 1.91 bits per heavy atom. The van der Waals surface area contributed by atoms with E-state index in [9.17, 15) is 30.1 Å². The molecule has 0 unspecified atom stereocenters. The third-order valence-corrected chi connectivity index (χ3v) is 5.35. The average Bonchev–Trinajstić information content (AvgIpc) is 2.92. The van der Waals surface area contributed by atoms with Crippen molar-refractivity contribution in [3.63, 3.8) is 0 Å². The van der Waals surface area contributed by atoms with Gasteiger partial charge < -0.3 is 9.84 Å². The lowest BCUT2D eigenvalue weighted by atomic mass is 10.1. The summed E-state index contributed by atoms with van der Waals surface area (Å²) in [6.07, 6.45) is 0.179. The molecule has 0 radical (unpaired) electrons. The monoisotopic (exact) mass is 470 g/mol. The van der Waals surface area contributed by atoms with Crippen molar-refractivity contribution in [2.75, 3.05) is 11.2 Å². The summed E-state index contributed by atoms with van der Waals surface area (Å²) in [6, 6.07) is 8.12. The molecule has 2 heterocycles. The van der Waals surface area contributed by atoms with Crippen LogP contribution in [-0.4, -0.2) is 42.3 Å². The fraction of sp³-hybridized carbons (Fsp3) is 0.158. The first-order chi connectivity index (χ1) is 15.7. The van der Waals surface area contributed by atoms with E-state index in [-0.39, 0.29) is 28.0 Å². The molecular weight excluding hydrogens is 456 g/mol. The summed E-state index contributed by atoms with van der Waals surface area (Å²) in [5.41, 5.74) is -1.03. The Hall–Kier alpha value is -4.33. The third-order valence-electron chi connectivity index (χ3n) is 4.81. The second kappa shape index (κ2) is 8.31. The van der Waals surface area contributed by atoms with Gasteiger partial charge in [0.25, 0.3) is 5.69 Å². The molecule has 3 aromatic rings. The number of amides is 1. The number of aromatic nitrogens is 3. The second-order valence-corrected chi connectivity index (χ2v) is 7.52. The van der Waals surface area contributed by atoms with Gasteiger partial charge in [0.1, 0.15) is 0 Å². The van der Waals surface area contributed by atoms with E-state index in [4.69, 9.17) is 4.74 Å². The molecule has 4 rings (SSSR count). The van der Waals surface area contributed by atoms with Gasteiger partial charge in [-0.1, -0.05) is 30.0 Å². The number of para-hydroxylation sites is 1. The fourth-order valence-corrected chi connectivity index (χ4v) is 3.70. The molecule has 2 aromatic carbocycles. The predicted molar refractivity (Wildman–Crippen MR) is 115 cm³/mol. The van der Waals surface area contributed by atoms with Crippen LogP contribution in [0.5, 0.6) is 11.6 Å². The number of thioether (sulfide) groups is 1. The van der Waals surface area contributed by atoms with Crippen LogP contribution in [0.4, 0.5) is 17.1 Å². The smallest absolute Gasteiger partial charge is 0.318 e. The molecule has 0 saturated carbocycles. The summed E-state index contributed by atoms with van der Waals surface area (Å²) in [5.74, 6) is -1.51. The zero-order chi connectivity index (χ0) is 23.9. The average molecular weight is 470 g/mol. The Bertz CT molecular complexity index is 1320. The molecule has 0 saturated heterocycles. The van der Waals surface area contributed by atoms with E-state index in [1.54, 1.807) is 30.5 Å². The van der Waals surface area contributed by atoms with Crippen molar-refractivity contribution in [1.29, 1.82) is 0 Å². The minimum absolute atomic E-state index is 0.0656. The van der Waals surface area contributed by atoms with Crippen molar-refractivity contribution in [2.45, 2.75) is 18.3 Å². The maximum Gasteiger partial charge on any atom is 0.318 e. The number of aromatic hydroxyl groups is 1. The van der Waals surface area contributed by atoms with Crippen molar-refractivity contribution in [1.82, 2.24) is 15.2 Å². The number of nitro benzene ring substituents is 2. The molecule has 0 bridgehead atoms. The number of benzene rings is 2. The van der Waals surface area contributed by atoms with E-state index in [1.807, 2.05) is 0 Å². The number of phenols is 1. The van der Waals surface area contributed by atoms with Gasteiger partial charge in [0, 0.05) is 18.6 Å². The molecule has 168 valence electrons. The molecule has 0 fully saturated rings. The zero-order valence-electron chi connectivity index (χ0n) is 17.0. The van der Waals surface area contributed by atoms with E-state index in [0.717, 1.165) is 11.0 Å². The van der Waals surface area contributed by atoms with Crippen molar-refractivity contribution < 1.29 is 24.5 Å². The number of anilines is 1. The van der Waals surface area contributed by atoms with Crippen LogP contribution in [-0.2, 0) is 4.79 Å². The van der Waals surface area contributed by atoms with Crippen molar-refractivity contribution in [2.24, 2.45) is 0 Å². The molecule has 0 spiro atoms. The first-order valence-corrected chi connectivity index (χ1v) is 10.5. The minimum Gasteiger partial charge on any atom is -0.502 e. The molecular formula is C19H14N6O7S.